The van der Waals surface area contributed by atoms with Gasteiger partial charge in [-0.2, -0.15) is 0 Å². The van der Waals surface area contributed by atoms with Crippen LogP contribution in [0.1, 0.15) is 24.1 Å². The van der Waals surface area contributed by atoms with Gasteiger partial charge in [0.15, 0.2) is 0 Å². The van der Waals surface area contributed by atoms with Crippen molar-refractivity contribution in [3.63, 3.8) is 0 Å². The summed E-state index contributed by atoms with van der Waals surface area (Å²) in [4.78, 5) is 8.15. The van der Waals surface area contributed by atoms with Gasteiger partial charge in [0.1, 0.15) is 6.33 Å². The van der Waals surface area contributed by atoms with Crippen molar-refractivity contribution >= 4 is 0 Å². The Labute approximate surface area is 83.7 Å². The summed E-state index contributed by atoms with van der Waals surface area (Å²) in [5, 5.41) is 0. The lowest BCUT2D eigenvalue weighted by atomic mass is 9.98. The van der Waals surface area contributed by atoms with Gasteiger partial charge in [0, 0.05) is 12.1 Å². The SMILES string of the molecule is CC(c1ccccc1)c1ccncn1. The first-order valence-corrected chi connectivity index (χ1v) is 4.69. The molecule has 2 aromatic rings. The van der Waals surface area contributed by atoms with E-state index in [4.69, 9.17) is 0 Å². The molecule has 1 aromatic carbocycles. The molecule has 0 aliphatic heterocycles. The van der Waals surface area contributed by atoms with Gasteiger partial charge in [0.25, 0.3) is 0 Å². The summed E-state index contributed by atoms with van der Waals surface area (Å²) in [5.41, 5.74) is 2.34. The van der Waals surface area contributed by atoms with Crippen LogP contribution < -0.4 is 0 Å². The summed E-state index contributed by atoms with van der Waals surface area (Å²) in [6.45, 7) is 2.15. The van der Waals surface area contributed by atoms with Crippen LogP contribution in [0.4, 0.5) is 0 Å². The molecule has 2 nitrogen and oxygen atoms in total. The average molecular weight is 184 g/mol. The van der Waals surface area contributed by atoms with E-state index in [2.05, 4.69) is 29.0 Å². The lowest BCUT2D eigenvalue weighted by Crippen LogP contribution is -1.98. The second kappa shape index (κ2) is 4.01. The molecule has 0 saturated heterocycles. The number of hydrogen-bond acceptors (Lipinski definition) is 2. The van der Waals surface area contributed by atoms with Gasteiger partial charge in [0.05, 0.1) is 5.69 Å². The smallest absolute Gasteiger partial charge is 0.115 e. The van der Waals surface area contributed by atoms with Gasteiger partial charge >= 0.3 is 0 Å². The molecule has 2 heteroatoms. The molecular formula is C12H12N2. The van der Waals surface area contributed by atoms with Crippen molar-refractivity contribution in [3.8, 4) is 0 Å². The topological polar surface area (TPSA) is 25.8 Å². The third kappa shape index (κ3) is 1.79. The van der Waals surface area contributed by atoms with E-state index >= 15 is 0 Å². The van der Waals surface area contributed by atoms with Crippen molar-refractivity contribution in [2.45, 2.75) is 12.8 Å². The Morgan fingerprint density at radius 2 is 1.86 bits per heavy atom. The summed E-state index contributed by atoms with van der Waals surface area (Å²) in [6.07, 6.45) is 3.37. The van der Waals surface area contributed by atoms with Crippen molar-refractivity contribution in [3.05, 3.63) is 60.2 Å². The zero-order chi connectivity index (χ0) is 9.80. The van der Waals surface area contributed by atoms with E-state index in [1.807, 2.05) is 24.3 Å². The van der Waals surface area contributed by atoms with Crippen LogP contribution in [0, 0.1) is 0 Å². The van der Waals surface area contributed by atoms with E-state index in [1.165, 1.54) is 5.56 Å². The summed E-state index contributed by atoms with van der Waals surface area (Å²) in [7, 11) is 0. The summed E-state index contributed by atoms with van der Waals surface area (Å²) >= 11 is 0. The van der Waals surface area contributed by atoms with E-state index in [-0.39, 0.29) is 0 Å². The van der Waals surface area contributed by atoms with E-state index in [0.717, 1.165) is 5.69 Å². The molecule has 2 rings (SSSR count). The Morgan fingerprint density at radius 1 is 1.07 bits per heavy atom. The largest absolute Gasteiger partial charge is 0.245 e. The van der Waals surface area contributed by atoms with Crippen molar-refractivity contribution < 1.29 is 0 Å². The second-order valence-electron chi connectivity index (χ2n) is 3.27. The fourth-order valence-electron chi connectivity index (χ4n) is 1.47. The molecule has 1 unspecified atom stereocenters. The predicted molar refractivity (Wildman–Crippen MR) is 56.0 cm³/mol. The molecule has 0 aliphatic rings. The molecule has 0 bridgehead atoms. The zero-order valence-corrected chi connectivity index (χ0v) is 8.09. The first kappa shape index (κ1) is 8.88. The minimum Gasteiger partial charge on any atom is -0.245 e. The Bertz CT molecular complexity index is 344. The molecule has 0 N–H and O–H groups in total. The van der Waals surface area contributed by atoms with Crippen LogP contribution in [0.3, 0.4) is 0 Å². The van der Waals surface area contributed by atoms with E-state index in [1.54, 1.807) is 12.5 Å². The molecule has 1 atom stereocenters. The van der Waals surface area contributed by atoms with Gasteiger partial charge in [-0.15, -0.1) is 0 Å². The highest BCUT2D eigenvalue weighted by Gasteiger charge is 2.07. The van der Waals surface area contributed by atoms with Gasteiger partial charge in [0.2, 0.25) is 0 Å². The Hall–Kier alpha value is -1.70. The normalized spacial score (nSPS) is 12.4. The maximum Gasteiger partial charge on any atom is 0.115 e. The molecule has 0 fully saturated rings. The number of benzene rings is 1. The highest BCUT2D eigenvalue weighted by molar-refractivity contribution is 5.26. The quantitative estimate of drug-likeness (QED) is 0.717. The van der Waals surface area contributed by atoms with Crippen molar-refractivity contribution in [1.82, 2.24) is 9.97 Å². The lowest BCUT2D eigenvalue weighted by Gasteiger charge is -2.09. The van der Waals surface area contributed by atoms with Crippen LogP contribution in [0.15, 0.2) is 48.9 Å². The third-order valence-corrected chi connectivity index (χ3v) is 2.35. The highest BCUT2D eigenvalue weighted by atomic mass is 14.8. The van der Waals surface area contributed by atoms with Gasteiger partial charge in [-0.3, -0.25) is 0 Å². The Kier molecular flexibility index (Phi) is 2.54. The minimum atomic E-state index is 0.333. The van der Waals surface area contributed by atoms with Gasteiger partial charge in [-0.1, -0.05) is 37.3 Å². The summed E-state index contributed by atoms with van der Waals surface area (Å²) in [6, 6.07) is 12.3. The lowest BCUT2D eigenvalue weighted by molar-refractivity contribution is 0.859. The summed E-state index contributed by atoms with van der Waals surface area (Å²) < 4.78 is 0. The van der Waals surface area contributed by atoms with E-state index in [0.29, 0.717) is 5.92 Å². The molecule has 0 spiro atoms. The Balaban J connectivity index is 2.30. The van der Waals surface area contributed by atoms with Crippen LogP contribution >= 0.6 is 0 Å². The minimum absolute atomic E-state index is 0.333. The van der Waals surface area contributed by atoms with Crippen LogP contribution in [-0.2, 0) is 0 Å². The first-order chi connectivity index (χ1) is 6.88. The third-order valence-electron chi connectivity index (χ3n) is 2.35. The van der Waals surface area contributed by atoms with E-state index < -0.39 is 0 Å². The highest BCUT2D eigenvalue weighted by Crippen LogP contribution is 2.20. The fraction of sp³-hybridized carbons (Fsp3) is 0.167. The van der Waals surface area contributed by atoms with Crippen LogP contribution in [0.25, 0.3) is 0 Å². The summed E-state index contributed by atoms with van der Waals surface area (Å²) in [5.74, 6) is 0.333. The van der Waals surface area contributed by atoms with Crippen molar-refractivity contribution in [2.24, 2.45) is 0 Å². The molecule has 0 saturated carbocycles. The number of nitrogens with zero attached hydrogens (tertiary/aromatic N) is 2. The van der Waals surface area contributed by atoms with Gasteiger partial charge < -0.3 is 0 Å². The fourth-order valence-corrected chi connectivity index (χ4v) is 1.47. The second-order valence-corrected chi connectivity index (χ2v) is 3.27. The Morgan fingerprint density at radius 3 is 2.50 bits per heavy atom. The molecule has 70 valence electrons. The van der Waals surface area contributed by atoms with Crippen molar-refractivity contribution in [1.29, 1.82) is 0 Å². The molecule has 0 radical (unpaired) electrons. The van der Waals surface area contributed by atoms with Crippen LogP contribution in [0.5, 0.6) is 0 Å². The molecule has 1 heterocycles. The maximum atomic E-state index is 4.24. The molecule has 14 heavy (non-hydrogen) atoms. The monoisotopic (exact) mass is 184 g/mol. The number of rotatable bonds is 2. The van der Waals surface area contributed by atoms with Crippen LogP contribution in [0.2, 0.25) is 0 Å². The molecule has 1 aromatic heterocycles. The molecule has 0 aliphatic carbocycles. The van der Waals surface area contributed by atoms with Gasteiger partial charge in [-0.25, -0.2) is 9.97 Å². The average Bonchev–Trinajstić information content (AvgIpc) is 2.30. The number of aromatic nitrogens is 2. The molecular weight excluding hydrogens is 172 g/mol. The van der Waals surface area contributed by atoms with Crippen molar-refractivity contribution in [2.75, 3.05) is 0 Å². The standard InChI is InChI=1S/C12H12N2/c1-10(11-5-3-2-4-6-11)12-7-8-13-9-14-12/h2-10H,1H3. The van der Waals surface area contributed by atoms with Gasteiger partial charge in [-0.05, 0) is 11.6 Å². The number of hydrogen-bond donors (Lipinski definition) is 0. The van der Waals surface area contributed by atoms with E-state index in [9.17, 15) is 0 Å². The zero-order valence-electron chi connectivity index (χ0n) is 8.09. The molecule has 0 amide bonds. The maximum absolute atomic E-state index is 4.24. The first-order valence-electron chi connectivity index (χ1n) is 4.69. The predicted octanol–water partition coefficient (Wildman–Crippen LogP) is 2.63. The van der Waals surface area contributed by atoms with Crippen LogP contribution in [-0.4, -0.2) is 9.97 Å².